The average Bonchev–Trinajstić information content (AvgIpc) is 3.15. The number of nitrogens with zero attached hydrogens (tertiary/aromatic N) is 6. The van der Waals surface area contributed by atoms with Gasteiger partial charge in [0.05, 0.1) is 11.6 Å². The van der Waals surface area contributed by atoms with Crippen molar-refractivity contribution in [2.45, 2.75) is 39.9 Å². The van der Waals surface area contributed by atoms with E-state index in [0.717, 1.165) is 17.3 Å². The smallest absolute Gasteiger partial charge is 0.345 e. The molecule has 1 aliphatic carbocycles. The number of hydrogen-bond donors (Lipinski definition) is 0. The van der Waals surface area contributed by atoms with E-state index in [-0.39, 0.29) is 34.8 Å². The van der Waals surface area contributed by atoms with Gasteiger partial charge in [-0.05, 0) is 54.9 Å². The van der Waals surface area contributed by atoms with Crippen molar-refractivity contribution in [3.63, 3.8) is 0 Å². The molecule has 0 N–H and O–H groups in total. The van der Waals surface area contributed by atoms with Gasteiger partial charge >= 0.3 is 6.18 Å². The Labute approximate surface area is 189 Å². The highest BCUT2D eigenvalue weighted by atomic mass is 19.4. The topological polar surface area (TPSA) is 70.6 Å². The van der Waals surface area contributed by atoms with Gasteiger partial charge in [0.25, 0.3) is 0 Å². The molecule has 0 bridgehead atoms. The number of benzene rings is 1. The lowest BCUT2D eigenvalue weighted by molar-refractivity contribution is -0.137. The molecule has 33 heavy (non-hydrogen) atoms. The Hall–Kier alpha value is -3.41. The van der Waals surface area contributed by atoms with Crippen LogP contribution in [-0.2, 0) is 6.18 Å². The van der Waals surface area contributed by atoms with Crippen molar-refractivity contribution in [2.24, 2.45) is 17.3 Å². The first kappa shape index (κ1) is 21.4. The van der Waals surface area contributed by atoms with E-state index in [1.54, 1.807) is 12.4 Å². The lowest BCUT2D eigenvalue weighted by atomic mass is 9.99. The number of aryl methyl sites for hydroxylation is 2. The maximum absolute atomic E-state index is 13.8. The van der Waals surface area contributed by atoms with Crippen molar-refractivity contribution in [3.05, 3.63) is 64.9 Å². The first-order valence-corrected chi connectivity index (χ1v) is 10.8. The Morgan fingerprint density at radius 3 is 2.61 bits per heavy atom. The van der Waals surface area contributed by atoms with E-state index in [2.05, 4.69) is 29.0 Å². The fourth-order valence-corrected chi connectivity index (χ4v) is 5.42. The zero-order valence-electron chi connectivity index (χ0n) is 18.7. The summed E-state index contributed by atoms with van der Waals surface area (Å²) in [5, 5.41) is 18.3. The first-order valence-electron chi connectivity index (χ1n) is 10.8. The lowest BCUT2D eigenvalue weighted by Gasteiger charge is -2.32. The van der Waals surface area contributed by atoms with Gasteiger partial charge in [-0.2, -0.15) is 18.4 Å². The number of hydrogen-bond acceptors (Lipinski definition) is 5. The van der Waals surface area contributed by atoms with Crippen molar-refractivity contribution in [3.8, 4) is 11.8 Å². The predicted octanol–water partition coefficient (Wildman–Crippen LogP) is 5.00. The molecule has 3 atom stereocenters. The van der Waals surface area contributed by atoms with Crippen molar-refractivity contribution in [1.82, 2.24) is 19.7 Å². The molecule has 1 aromatic carbocycles. The van der Waals surface area contributed by atoms with E-state index in [9.17, 15) is 18.4 Å². The largest absolute Gasteiger partial charge is 0.417 e. The van der Waals surface area contributed by atoms with Crippen LogP contribution in [0.25, 0.3) is 5.69 Å². The van der Waals surface area contributed by atoms with Crippen LogP contribution in [0.2, 0.25) is 0 Å². The summed E-state index contributed by atoms with van der Waals surface area (Å²) in [6.07, 6.45) is -3.02. The average molecular weight is 452 g/mol. The van der Waals surface area contributed by atoms with Gasteiger partial charge < -0.3 is 4.90 Å². The molecule has 5 rings (SSSR count). The van der Waals surface area contributed by atoms with E-state index in [4.69, 9.17) is 0 Å². The van der Waals surface area contributed by atoms with Gasteiger partial charge in [0.1, 0.15) is 23.8 Å². The molecule has 1 saturated carbocycles. The minimum atomic E-state index is -4.65. The normalized spacial score (nSPS) is 23.3. The van der Waals surface area contributed by atoms with Crippen molar-refractivity contribution < 1.29 is 13.2 Å². The molecule has 0 spiro atoms. The van der Waals surface area contributed by atoms with Crippen LogP contribution in [0.1, 0.15) is 48.1 Å². The molecule has 2 fully saturated rings. The number of nitriles is 1. The molecule has 3 heterocycles. The fraction of sp³-hybridized carbons (Fsp3) is 0.417. The molecule has 9 heteroatoms. The zero-order valence-corrected chi connectivity index (χ0v) is 18.7. The van der Waals surface area contributed by atoms with E-state index in [1.807, 2.05) is 40.7 Å². The van der Waals surface area contributed by atoms with Crippen LogP contribution in [-0.4, -0.2) is 26.3 Å². The van der Waals surface area contributed by atoms with Crippen LogP contribution in [0.4, 0.5) is 19.0 Å². The summed E-state index contributed by atoms with van der Waals surface area (Å²) in [5.74, 6) is 1.12. The molecule has 1 aliphatic heterocycles. The van der Waals surface area contributed by atoms with Crippen LogP contribution in [0.3, 0.4) is 0 Å². The molecule has 6 nitrogen and oxygen atoms in total. The SMILES string of the molecule is Cc1cccc(-n2cnnc2[C@@H]2[C@H]3[C@@H](CN2c2nc(C)cc(C(F)(F)F)c2C#N)C3(C)C)c1. The highest BCUT2D eigenvalue weighted by Gasteiger charge is 2.68. The Morgan fingerprint density at radius 2 is 1.94 bits per heavy atom. The van der Waals surface area contributed by atoms with E-state index in [0.29, 0.717) is 12.4 Å². The zero-order chi connectivity index (χ0) is 23.7. The van der Waals surface area contributed by atoms with Gasteiger partial charge in [0, 0.05) is 17.9 Å². The van der Waals surface area contributed by atoms with Gasteiger partial charge in [0.2, 0.25) is 0 Å². The van der Waals surface area contributed by atoms with Crippen LogP contribution in [0.5, 0.6) is 0 Å². The Bertz CT molecular complexity index is 1290. The summed E-state index contributed by atoms with van der Waals surface area (Å²) >= 11 is 0. The van der Waals surface area contributed by atoms with Crippen LogP contribution < -0.4 is 4.90 Å². The monoisotopic (exact) mass is 452 g/mol. The van der Waals surface area contributed by atoms with Gasteiger partial charge in [-0.3, -0.25) is 4.57 Å². The fourth-order valence-electron chi connectivity index (χ4n) is 5.42. The highest BCUT2D eigenvalue weighted by molar-refractivity contribution is 5.62. The lowest BCUT2D eigenvalue weighted by Crippen LogP contribution is -2.33. The molecule has 170 valence electrons. The quantitative estimate of drug-likeness (QED) is 0.559. The second kappa shape index (κ2) is 7.04. The summed E-state index contributed by atoms with van der Waals surface area (Å²) < 4.78 is 43.2. The first-order chi connectivity index (χ1) is 15.5. The van der Waals surface area contributed by atoms with Crippen LogP contribution >= 0.6 is 0 Å². The Kier molecular flexibility index (Phi) is 4.57. The molecule has 0 unspecified atom stereocenters. The number of pyridine rings is 1. The number of aromatic nitrogens is 4. The summed E-state index contributed by atoms with van der Waals surface area (Å²) in [4.78, 5) is 6.26. The molecule has 0 radical (unpaired) electrons. The molecule has 1 saturated heterocycles. The number of piperidine rings is 1. The molecular formula is C24H23F3N6. The number of anilines is 1. The highest BCUT2D eigenvalue weighted by Crippen LogP contribution is 2.69. The minimum Gasteiger partial charge on any atom is -0.345 e. The second-order valence-corrected chi connectivity index (χ2v) is 9.57. The second-order valence-electron chi connectivity index (χ2n) is 9.57. The molecule has 0 amide bonds. The Morgan fingerprint density at radius 1 is 1.18 bits per heavy atom. The van der Waals surface area contributed by atoms with Crippen LogP contribution in [0, 0.1) is 42.4 Å². The number of alkyl halides is 3. The maximum Gasteiger partial charge on any atom is 0.417 e. The Balaban J connectivity index is 1.67. The number of fused-ring (bicyclic) bond motifs is 1. The van der Waals surface area contributed by atoms with Gasteiger partial charge in [-0.1, -0.05) is 26.0 Å². The molecule has 3 aromatic rings. The number of rotatable bonds is 3. The summed E-state index contributed by atoms with van der Waals surface area (Å²) in [6.45, 7) is 8.34. The van der Waals surface area contributed by atoms with Gasteiger partial charge in [-0.15, -0.1) is 10.2 Å². The van der Waals surface area contributed by atoms with Gasteiger partial charge in [-0.25, -0.2) is 4.98 Å². The summed E-state index contributed by atoms with van der Waals surface area (Å²) in [6, 6.07) is 10.3. The van der Waals surface area contributed by atoms with Crippen LogP contribution in [0.15, 0.2) is 36.7 Å². The summed E-state index contributed by atoms with van der Waals surface area (Å²) in [5.41, 5.74) is 0.779. The van der Waals surface area contributed by atoms with E-state index < -0.39 is 17.3 Å². The van der Waals surface area contributed by atoms with E-state index >= 15 is 0 Å². The van der Waals surface area contributed by atoms with E-state index in [1.165, 1.54) is 6.92 Å². The summed E-state index contributed by atoms with van der Waals surface area (Å²) in [7, 11) is 0. The van der Waals surface area contributed by atoms with Crippen molar-refractivity contribution >= 4 is 5.82 Å². The third kappa shape index (κ3) is 3.27. The third-order valence-corrected chi connectivity index (χ3v) is 7.14. The van der Waals surface area contributed by atoms with Crippen molar-refractivity contribution in [2.75, 3.05) is 11.4 Å². The minimum absolute atomic E-state index is 0.00798. The molecular weight excluding hydrogens is 429 g/mol. The standard InChI is InChI=1S/C24H23F3N6/c1-13-6-5-7-15(8-13)33-12-29-31-22(33)20-19-18(23(19,3)4)11-32(20)21-16(10-28)17(24(25,26)27)9-14(2)30-21/h5-9,12,18-20H,11H2,1-4H3/t18-,19-,20+/m1/s1. The predicted molar refractivity (Wildman–Crippen MR) is 116 cm³/mol. The maximum atomic E-state index is 13.8. The van der Waals surface area contributed by atoms with Gasteiger partial charge in [0.15, 0.2) is 5.82 Å². The third-order valence-electron chi connectivity index (χ3n) is 7.14. The van der Waals surface area contributed by atoms with Crippen molar-refractivity contribution in [1.29, 1.82) is 5.26 Å². The molecule has 2 aromatic heterocycles. The number of halogens is 3. The molecule has 2 aliphatic rings.